The molecular formula is C10H20N2S2. The predicted molar refractivity (Wildman–Crippen MR) is 69.0 cm³/mol. The zero-order valence-electron chi connectivity index (χ0n) is 9.19. The molecule has 0 aromatic rings. The van der Waals surface area contributed by atoms with Crippen LogP contribution in [0.25, 0.3) is 0 Å². The summed E-state index contributed by atoms with van der Waals surface area (Å²) in [7, 11) is 0. The third kappa shape index (κ3) is 2.61. The Morgan fingerprint density at radius 3 is 2.79 bits per heavy atom. The molecule has 0 spiro atoms. The maximum atomic E-state index is 5.77. The monoisotopic (exact) mass is 232 g/mol. The van der Waals surface area contributed by atoms with Crippen molar-refractivity contribution in [2.24, 2.45) is 5.73 Å². The van der Waals surface area contributed by atoms with Gasteiger partial charge in [-0.15, -0.1) is 0 Å². The quantitative estimate of drug-likeness (QED) is 0.752. The molecule has 3 unspecified atom stereocenters. The van der Waals surface area contributed by atoms with Gasteiger partial charge in [0.1, 0.15) is 0 Å². The zero-order chi connectivity index (χ0) is 10.7. The Kier molecular flexibility index (Phi) is 4.67. The molecule has 0 radical (unpaired) electrons. The molecule has 3 atom stereocenters. The Labute approximate surface area is 96.6 Å². The van der Waals surface area contributed by atoms with Crippen LogP contribution in [0, 0.1) is 0 Å². The molecule has 1 rings (SSSR count). The standard InChI is InChI=1S/C10H20N2S2/c1-4-9(10(11)13)12-5-6-14-8(3)7(12)2/h7-9H,4-6H2,1-3H3,(H2,11,13). The lowest BCUT2D eigenvalue weighted by molar-refractivity contribution is 0.182. The third-order valence-electron chi connectivity index (χ3n) is 3.05. The number of hydrogen-bond acceptors (Lipinski definition) is 3. The van der Waals surface area contributed by atoms with Crippen molar-refractivity contribution in [1.29, 1.82) is 0 Å². The van der Waals surface area contributed by atoms with Crippen LogP contribution in [0.4, 0.5) is 0 Å². The highest BCUT2D eigenvalue weighted by Gasteiger charge is 2.30. The number of nitrogens with zero attached hydrogens (tertiary/aromatic N) is 1. The summed E-state index contributed by atoms with van der Waals surface area (Å²) in [6, 6.07) is 0.878. The van der Waals surface area contributed by atoms with Gasteiger partial charge in [0.25, 0.3) is 0 Å². The minimum absolute atomic E-state index is 0.295. The highest BCUT2D eigenvalue weighted by molar-refractivity contribution is 8.00. The van der Waals surface area contributed by atoms with Crippen molar-refractivity contribution in [3.05, 3.63) is 0 Å². The fourth-order valence-corrected chi connectivity index (χ4v) is 3.42. The normalized spacial score (nSPS) is 31.4. The molecule has 1 heterocycles. The molecule has 0 aromatic heterocycles. The largest absolute Gasteiger partial charge is 0.392 e. The summed E-state index contributed by atoms with van der Waals surface area (Å²) in [6.07, 6.45) is 1.02. The fourth-order valence-electron chi connectivity index (χ4n) is 2.00. The van der Waals surface area contributed by atoms with Gasteiger partial charge in [-0.1, -0.05) is 26.1 Å². The van der Waals surface area contributed by atoms with Crippen molar-refractivity contribution in [2.75, 3.05) is 12.3 Å². The minimum atomic E-state index is 0.295. The Morgan fingerprint density at radius 2 is 2.29 bits per heavy atom. The number of thioether (sulfide) groups is 1. The second-order valence-electron chi connectivity index (χ2n) is 3.88. The molecule has 14 heavy (non-hydrogen) atoms. The van der Waals surface area contributed by atoms with Crippen molar-refractivity contribution < 1.29 is 0 Å². The maximum absolute atomic E-state index is 5.77. The van der Waals surface area contributed by atoms with E-state index in [-0.39, 0.29) is 0 Å². The molecule has 0 bridgehead atoms. The summed E-state index contributed by atoms with van der Waals surface area (Å²) in [5.74, 6) is 1.20. The fraction of sp³-hybridized carbons (Fsp3) is 0.900. The van der Waals surface area contributed by atoms with Crippen molar-refractivity contribution in [1.82, 2.24) is 4.90 Å². The first-order valence-corrected chi connectivity index (χ1v) is 6.70. The van der Waals surface area contributed by atoms with Crippen LogP contribution in [0.15, 0.2) is 0 Å². The second-order valence-corrected chi connectivity index (χ2v) is 5.84. The molecule has 1 saturated heterocycles. The van der Waals surface area contributed by atoms with E-state index >= 15 is 0 Å². The summed E-state index contributed by atoms with van der Waals surface area (Å²) in [6.45, 7) is 7.83. The lowest BCUT2D eigenvalue weighted by Gasteiger charge is -2.41. The lowest BCUT2D eigenvalue weighted by atomic mass is 10.1. The van der Waals surface area contributed by atoms with Gasteiger partial charge in [-0.3, -0.25) is 4.90 Å². The van der Waals surface area contributed by atoms with Crippen molar-refractivity contribution in [2.45, 2.75) is 44.5 Å². The van der Waals surface area contributed by atoms with E-state index in [1.807, 2.05) is 11.8 Å². The van der Waals surface area contributed by atoms with Crippen molar-refractivity contribution in [3.8, 4) is 0 Å². The zero-order valence-corrected chi connectivity index (χ0v) is 10.8. The van der Waals surface area contributed by atoms with E-state index in [2.05, 4.69) is 25.7 Å². The molecule has 4 heteroatoms. The van der Waals surface area contributed by atoms with Gasteiger partial charge in [0.2, 0.25) is 0 Å². The summed E-state index contributed by atoms with van der Waals surface area (Å²) in [5, 5.41) is 0.687. The number of thiocarbonyl (C=S) groups is 1. The van der Waals surface area contributed by atoms with Crippen molar-refractivity contribution in [3.63, 3.8) is 0 Å². The molecule has 82 valence electrons. The predicted octanol–water partition coefficient (Wildman–Crippen LogP) is 1.88. The first-order valence-electron chi connectivity index (χ1n) is 5.24. The summed E-state index contributed by atoms with van der Waals surface area (Å²) < 4.78 is 0. The highest BCUT2D eigenvalue weighted by atomic mass is 32.2. The average molecular weight is 232 g/mol. The van der Waals surface area contributed by atoms with Crippen LogP contribution in [0.2, 0.25) is 0 Å². The maximum Gasteiger partial charge on any atom is 0.0902 e. The van der Waals surface area contributed by atoms with E-state index in [1.165, 1.54) is 5.75 Å². The Hall–Kier alpha value is 0.200. The van der Waals surface area contributed by atoms with Gasteiger partial charge < -0.3 is 5.73 Å². The van der Waals surface area contributed by atoms with Crippen LogP contribution < -0.4 is 5.73 Å². The van der Waals surface area contributed by atoms with Gasteiger partial charge >= 0.3 is 0 Å². The summed E-state index contributed by atoms with van der Waals surface area (Å²) >= 11 is 7.16. The van der Waals surface area contributed by atoms with E-state index in [1.54, 1.807) is 0 Å². The van der Waals surface area contributed by atoms with Gasteiger partial charge in [-0.2, -0.15) is 11.8 Å². The van der Waals surface area contributed by atoms with Gasteiger partial charge in [-0.25, -0.2) is 0 Å². The Morgan fingerprint density at radius 1 is 1.64 bits per heavy atom. The summed E-state index contributed by atoms with van der Waals surface area (Å²) in [5.41, 5.74) is 5.77. The van der Waals surface area contributed by atoms with E-state index in [9.17, 15) is 0 Å². The Bertz CT molecular complexity index is 208. The minimum Gasteiger partial charge on any atom is -0.392 e. The molecule has 0 saturated carbocycles. The highest BCUT2D eigenvalue weighted by Crippen LogP contribution is 2.26. The van der Waals surface area contributed by atoms with Gasteiger partial charge in [0, 0.05) is 23.6 Å². The molecule has 0 aromatic carbocycles. The van der Waals surface area contributed by atoms with Crippen LogP contribution in [0.3, 0.4) is 0 Å². The van der Waals surface area contributed by atoms with E-state index in [4.69, 9.17) is 18.0 Å². The molecule has 1 aliphatic heterocycles. The first kappa shape index (κ1) is 12.3. The van der Waals surface area contributed by atoms with Crippen molar-refractivity contribution >= 4 is 29.0 Å². The van der Waals surface area contributed by atoms with Crippen LogP contribution in [0.1, 0.15) is 27.2 Å². The van der Waals surface area contributed by atoms with Crippen LogP contribution >= 0.6 is 24.0 Å². The van der Waals surface area contributed by atoms with E-state index < -0.39 is 0 Å². The third-order valence-corrected chi connectivity index (χ3v) is 4.66. The smallest absolute Gasteiger partial charge is 0.0902 e. The molecule has 0 amide bonds. The van der Waals surface area contributed by atoms with Crippen LogP contribution in [-0.4, -0.2) is 39.5 Å². The SMILES string of the molecule is CCC(C(N)=S)N1CCSC(C)C1C. The molecule has 0 aliphatic carbocycles. The van der Waals surface area contributed by atoms with Crippen LogP contribution in [0.5, 0.6) is 0 Å². The van der Waals surface area contributed by atoms with Gasteiger partial charge in [-0.05, 0) is 13.3 Å². The number of nitrogens with two attached hydrogens (primary N) is 1. The first-order chi connectivity index (χ1) is 6.57. The molecule has 2 N–H and O–H groups in total. The lowest BCUT2D eigenvalue weighted by Crippen LogP contribution is -2.53. The molecule has 2 nitrogen and oxygen atoms in total. The topological polar surface area (TPSA) is 29.3 Å². The molecule has 1 fully saturated rings. The molecule has 1 aliphatic rings. The van der Waals surface area contributed by atoms with Gasteiger partial charge in [0.15, 0.2) is 0 Å². The van der Waals surface area contributed by atoms with E-state index in [0.717, 1.165) is 13.0 Å². The van der Waals surface area contributed by atoms with Gasteiger partial charge in [0.05, 0.1) is 11.0 Å². The van der Waals surface area contributed by atoms with E-state index in [0.29, 0.717) is 22.3 Å². The van der Waals surface area contributed by atoms with Crippen LogP contribution in [-0.2, 0) is 0 Å². The Balaban J connectivity index is 2.68. The second kappa shape index (κ2) is 5.33. The number of hydrogen-bond donors (Lipinski definition) is 1. The average Bonchev–Trinajstić information content (AvgIpc) is 2.13. The summed E-state index contributed by atoms with van der Waals surface area (Å²) in [4.78, 5) is 3.11. The molecular weight excluding hydrogens is 212 g/mol. The number of rotatable bonds is 3.